The van der Waals surface area contributed by atoms with E-state index in [4.69, 9.17) is 9.84 Å². The fraction of sp³-hybridized carbons (Fsp3) is 0.600. The van der Waals surface area contributed by atoms with E-state index in [0.717, 1.165) is 18.5 Å². The minimum absolute atomic E-state index is 0.150. The van der Waals surface area contributed by atoms with Gasteiger partial charge in [-0.25, -0.2) is 4.79 Å². The molecule has 2 heterocycles. The van der Waals surface area contributed by atoms with Crippen molar-refractivity contribution in [3.8, 4) is 0 Å². The number of rotatable bonds is 2. The van der Waals surface area contributed by atoms with Gasteiger partial charge in [0.2, 0.25) is 0 Å². The van der Waals surface area contributed by atoms with Crippen molar-refractivity contribution in [2.75, 3.05) is 13.2 Å². The maximum atomic E-state index is 11.0. The van der Waals surface area contributed by atoms with Crippen LogP contribution in [0.4, 0.5) is 0 Å². The van der Waals surface area contributed by atoms with Gasteiger partial charge < -0.3 is 9.84 Å². The highest BCUT2D eigenvalue weighted by atomic mass is 16.5. The Labute approximate surface area is 87.4 Å². The number of carboxylic acids is 1. The van der Waals surface area contributed by atoms with Crippen molar-refractivity contribution in [3.63, 3.8) is 0 Å². The van der Waals surface area contributed by atoms with Crippen LogP contribution in [0.25, 0.3) is 0 Å². The number of carbonyl (C=O) groups is 1. The topological polar surface area (TPSA) is 75.2 Å². The fourth-order valence-corrected chi connectivity index (χ4v) is 1.98. The summed E-state index contributed by atoms with van der Waals surface area (Å²) in [6.45, 7) is 3.40. The van der Waals surface area contributed by atoms with Gasteiger partial charge >= 0.3 is 5.97 Å². The summed E-state index contributed by atoms with van der Waals surface area (Å²) in [4.78, 5) is 11.0. The lowest BCUT2D eigenvalue weighted by Gasteiger charge is -2.32. The van der Waals surface area contributed by atoms with Crippen molar-refractivity contribution >= 4 is 5.97 Å². The van der Waals surface area contributed by atoms with Crippen LogP contribution < -0.4 is 0 Å². The van der Waals surface area contributed by atoms with Gasteiger partial charge in [-0.3, -0.25) is 5.10 Å². The predicted molar refractivity (Wildman–Crippen MR) is 53.0 cm³/mol. The molecule has 5 nitrogen and oxygen atoms in total. The molecule has 5 heteroatoms. The summed E-state index contributed by atoms with van der Waals surface area (Å²) < 4.78 is 5.28. The lowest BCUT2D eigenvalue weighted by Crippen LogP contribution is -2.32. The first kappa shape index (κ1) is 10.2. The van der Waals surface area contributed by atoms with Gasteiger partial charge in [-0.2, -0.15) is 5.10 Å². The van der Waals surface area contributed by atoms with Crippen LogP contribution in [0.2, 0.25) is 0 Å². The molecule has 1 saturated heterocycles. The molecule has 15 heavy (non-hydrogen) atoms. The summed E-state index contributed by atoms with van der Waals surface area (Å²) in [7, 11) is 0. The van der Waals surface area contributed by atoms with Crippen molar-refractivity contribution in [2.24, 2.45) is 0 Å². The monoisotopic (exact) mass is 210 g/mol. The minimum Gasteiger partial charge on any atom is -0.478 e. The number of ether oxygens (including phenoxy) is 1. The minimum atomic E-state index is -0.925. The second kappa shape index (κ2) is 3.66. The molecule has 0 spiro atoms. The van der Waals surface area contributed by atoms with Crippen molar-refractivity contribution in [2.45, 2.75) is 25.2 Å². The molecule has 0 unspecified atom stereocenters. The summed E-state index contributed by atoms with van der Waals surface area (Å²) in [6, 6.07) is 0. The average molecular weight is 210 g/mol. The Morgan fingerprint density at radius 1 is 1.60 bits per heavy atom. The second-order valence-corrected chi connectivity index (χ2v) is 4.14. The largest absolute Gasteiger partial charge is 0.478 e. The third-order valence-electron chi connectivity index (χ3n) is 3.07. The van der Waals surface area contributed by atoms with E-state index in [1.54, 1.807) is 0 Å². The van der Waals surface area contributed by atoms with Crippen LogP contribution >= 0.6 is 0 Å². The summed E-state index contributed by atoms with van der Waals surface area (Å²) in [5.74, 6) is -0.925. The van der Waals surface area contributed by atoms with Gasteiger partial charge in [0.15, 0.2) is 0 Å². The van der Waals surface area contributed by atoms with Crippen molar-refractivity contribution in [1.29, 1.82) is 0 Å². The molecule has 2 rings (SSSR count). The van der Waals surface area contributed by atoms with E-state index in [1.165, 1.54) is 6.20 Å². The number of H-pyrrole nitrogens is 1. The smallest absolute Gasteiger partial charge is 0.339 e. The number of hydrogen-bond donors (Lipinski definition) is 2. The molecule has 0 aromatic carbocycles. The summed E-state index contributed by atoms with van der Waals surface area (Å²) >= 11 is 0. The molecule has 0 radical (unpaired) electrons. The molecule has 0 amide bonds. The molecule has 2 N–H and O–H groups in total. The molecular weight excluding hydrogens is 196 g/mol. The molecule has 0 atom stereocenters. The van der Waals surface area contributed by atoms with E-state index in [0.29, 0.717) is 13.2 Å². The molecule has 1 aliphatic heterocycles. The third kappa shape index (κ3) is 1.74. The Hall–Kier alpha value is -1.36. The van der Waals surface area contributed by atoms with Crippen molar-refractivity contribution < 1.29 is 14.6 Å². The Morgan fingerprint density at radius 3 is 2.87 bits per heavy atom. The lowest BCUT2D eigenvalue weighted by atomic mass is 9.78. The molecule has 82 valence electrons. The summed E-state index contributed by atoms with van der Waals surface area (Å²) in [6.07, 6.45) is 3.03. The van der Waals surface area contributed by atoms with Gasteiger partial charge in [0.1, 0.15) is 5.56 Å². The highest BCUT2D eigenvalue weighted by molar-refractivity contribution is 5.89. The number of nitrogens with zero attached hydrogens (tertiary/aromatic N) is 1. The summed E-state index contributed by atoms with van der Waals surface area (Å²) in [5.41, 5.74) is 0.848. The van der Waals surface area contributed by atoms with Gasteiger partial charge in [-0.15, -0.1) is 0 Å². The molecule has 1 aromatic rings. The van der Waals surface area contributed by atoms with E-state index in [2.05, 4.69) is 17.1 Å². The van der Waals surface area contributed by atoms with E-state index < -0.39 is 5.97 Å². The Balaban J connectivity index is 2.34. The van der Waals surface area contributed by atoms with Crippen LogP contribution in [0.15, 0.2) is 6.20 Å². The number of aromatic carboxylic acids is 1. The standard InChI is InChI=1S/C10H14N2O3/c1-10(2-4-15-5-3-10)8-7(9(13)14)6-11-12-8/h6H,2-5H2,1H3,(H,11,12)(H,13,14). The zero-order valence-corrected chi connectivity index (χ0v) is 8.62. The quantitative estimate of drug-likeness (QED) is 0.768. The Bertz CT molecular complexity index is 366. The van der Waals surface area contributed by atoms with E-state index in [-0.39, 0.29) is 11.0 Å². The predicted octanol–water partition coefficient (Wildman–Crippen LogP) is 1.18. The lowest BCUT2D eigenvalue weighted by molar-refractivity contribution is 0.0531. The maximum absolute atomic E-state index is 11.0. The highest BCUT2D eigenvalue weighted by Crippen LogP contribution is 2.34. The van der Waals surface area contributed by atoms with E-state index >= 15 is 0 Å². The molecule has 0 saturated carbocycles. The number of carboxylic acid groups (broad SMARTS) is 1. The fourth-order valence-electron chi connectivity index (χ4n) is 1.98. The molecule has 0 bridgehead atoms. The van der Waals surface area contributed by atoms with Crippen LogP contribution in [0.1, 0.15) is 35.8 Å². The van der Waals surface area contributed by atoms with Gasteiger partial charge in [-0.1, -0.05) is 6.92 Å². The molecule has 0 aliphatic carbocycles. The first-order valence-electron chi connectivity index (χ1n) is 4.98. The zero-order chi connectivity index (χ0) is 10.9. The van der Waals surface area contributed by atoms with Crippen LogP contribution in [-0.4, -0.2) is 34.5 Å². The SMILES string of the molecule is CC1(c2[nH]ncc2C(=O)O)CCOCC1. The van der Waals surface area contributed by atoms with Crippen LogP contribution in [-0.2, 0) is 10.2 Å². The number of nitrogens with one attached hydrogen (secondary N) is 1. The van der Waals surface area contributed by atoms with Crippen molar-refractivity contribution in [3.05, 3.63) is 17.5 Å². The molecule has 1 aromatic heterocycles. The van der Waals surface area contributed by atoms with Crippen molar-refractivity contribution in [1.82, 2.24) is 10.2 Å². The first-order valence-corrected chi connectivity index (χ1v) is 4.98. The third-order valence-corrected chi connectivity index (χ3v) is 3.07. The van der Waals surface area contributed by atoms with Crippen LogP contribution in [0, 0.1) is 0 Å². The molecule has 1 fully saturated rings. The number of aromatic nitrogens is 2. The average Bonchev–Trinajstić information content (AvgIpc) is 2.67. The van der Waals surface area contributed by atoms with E-state index in [1.807, 2.05) is 0 Å². The molecule has 1 aliphatic rings. The first-order chi connectivity index (χ1) is 7.13. The highest BCUT2D eigenvalue weighted by Gasteiger charge is 2.34. The van der Waals surface area contributed by atoms with Gasteiger partial charge in [0, 0.05) is 18.6 Å². The van der Waals surface area contributed by atoms with Gasteiger partial charge in [-0.05, 0) is 12.8 Å². The van der Waals surface area contributed by atoms with Gasteiger partial charge in [0.25, 0.3) is 0 Å². The van der Waals surface area contributed by atoms with Crippen LogP contribution in [0.3, 0.4) is 0 Å². The Morgan fingerprint density at radius 2 is 2.27 bits per heavy atom. The van der Waals surface area contributed by atoms with E-state index in [9.17, 15) is 4.79 Å². The molecular formula is C10H14N2O3. The second-order valence-electron chi connectivity index (χ2n) is 4.14. The van der Waals surface area contributed by atoms with Crippen LogP contribution in [0.5, 0.6) is 0 Å². The number of aromatic amines is 1. The Kier molecular flexibility index (Phi) is 2.48. The number of hydrogen-bond acceptors (Lipinski definition) is 3. The summed E-state index contributed by atoms with van der Waals surface area (Å²) in [5, 5.41) is 15.6. The zero-order valence-electron chi connectivity index (χ0n) is 8.62. The normalized spacial score (nSPS) is 20.1. The maximum Gasteiger partial charge on any atom is 0.339 e. The van der Waals surface area contributed by atoms with Gasteiger partial charge in [0.05, 0.1) is 11.9 Å².